The van der Waals surface area contributed by atoms with Gasteiger partial charge in [0, 0.05) is 19.6 Å². The molecule has 0 atom stereocenters. The van der Waals surface area contributed by atoms with Crippen LogP contribution in [0.4, 0.5) is 0 Å². The molecule has 1 N–H and O–H groups in total. The minimum Gasteiger partial charge on any atom is -0.316 e. The first-order valence-electron chi connectivity index (χ1n) is 6.29. The van der Waals surface area contributed by atoms with Gasteiger partial charge in [-0.25, -0.2) is 16.8 Å². The van der Waals surface area contributed by atoms with Crippen molar-refractivity contribution in [3.05, 3.63) is 29.8 Å². The van der Waals surface area contributed by atoms with Crippen LogP contribution in [0.5, 0.6) is 0 Å². The van der Waals surface area contributed by atoms with Gasteiger partial charge in [-0.1, -0.05) is 12.1 Å². The maximum atomic E-state index is 12.5. The Kier molecular flexibility index (Phi) is 4.48. The van der Waals surface area contributed by atoms with E-state index in [0.29, 0.717) is 6.54 Å². The molecule has 1 fully saturated rings. The van der Waals surface area contributed by atoms with Gasteiger partial charge in [-0.2, -0.15) is 4.31 Å². The van der Waals surface area contributed by atoms with Crippen molar-refractivity contribution < 1.29 is 16.8 Å². The normalized spacial score (nSPS) is 19.9. The fourth-order valence-corrected chi connectivity index (χ4v) is 5.05. The lowest BCUT2D eigenvalue weighted by atomic mass is 10.2. The van der Waals surface area contributed by atoms with E-state index in [4.69, 9.17) is 0 Å². The molecule has 0 unspecified atom stereocenters. The van der Waals surface area contributed by atoms with E-state index in [0.717, 1.165) is 5.56 Å². The molecule has 0 bridgehead atoms. The van der Waals surface area contributed by atoms with Crippen LogP contribution in [0, 0.1) is 0 Å². The van der Waals surface area contributed by atoms with Crippen LogP contribution in [0.15, 0.2) is 29.2 Å². The van der Waals surface area contributed by atoms with Crippen LogP contribution in [0.1, 0.15) is 5.56 Å². The minimum atomic E-state index is -3.61. The lowest BCUT2D eigenvalue weighted by Crippen LogP contribution is -2.43. The summed E-state index contributed by atoms with van der Waals surface area (Å²) < 4.78 is 48.9. The largest absolute Gasteiger partial charge is 0.316 e. The molecule has 1 aliphatic rings. The van der Waals surface area contributed by atoms with Crippen molar-refractivity contribution in [1.82, 2.24) is 9.62 Å². The van der Waals surface area contributed by atoms with Crippen molar-refractivity contribution in [3.8, 4) is 0 Å². The van der Waals surface area contributed by atoms with Gasteiger partial charge in [-0.05, 0) is 24.7 Å². The molecule has 0 radical (unpaired) electrons. The smallest absolute Gasteiger partial charge is 0.243 e. The first-order valence-corrected chi connectivity index (χ1v) is 9.55. The van der Waals surface area contributed by atoms with Gasteiger partial charge >= 0.3 is 0 Å². The summed E-state index contributed by atoms with van der Waals surface area (Å²) in [5.41, 5.74) is 0.873. The summed E-state index contributed by atoms with van der Waals surface area (Å²) in [7, 11) is -4.91. The van der Waals surface area contributed by atoms with E-state index in [9.17, 15) is 16.8 Å². The van der Waals surface area contributed by atoms with E-state index >= 15 is 0 Å². The molecule has 1 aliphatic heterocycles. The Morgan fingerprint density at radius 3 is 2.50 bits per heavy atom. The zero-order valence-corrected chi connectivity index (χ0v) is 12.9. The monoisotopic (exact) mass is 318 g/mol. The van der Waals surface area contributed by atoms with Gasteiger partial charge in [0.25, 0.3) is 0 Å². The Bertz CT molecular complexity index is 669. The molecule has 1 aromatic rings. The predicted molar refractivity (Wildman–Crippen MR) is 76.6 cm³/mol. The van der Waals surface area contributed by atoms with Crippen molar-refractivity contribution in [3.63, 3.8) is 0 Å². The van der Waals surface area contributed by atoms with Crippen LogP contribution in [-0.2, 0) is 26.4 Å². The highest BCUT2D eigenvalue weighted by atomic mass is 32.2. The Morgan fingerprint density at radius 2 is 1.90 bits per heavy atom. The van der Waals surface area contributed by atoms with Crippen molar-refractivity contribution in [1.29, 1.82) is 0 Å². The fourth-order valence-electron chi connectivity index (χ4n) is 2.11. The molecule has 8 heteroatoms. The average molecular weight is 318 g/mol. The number of hydrogen-bond acceptors (Lipinski definition) is 5. The van der Waals surface area contributed by atoms with Gasteiger partial charge in [-0.15, -0.1) is 0 Å². The van der Waals surface area contributed by atoms with E-state index in [2.05, 4.69) is 5.32 Å². The molecule has 0 saturated carbocycles. The number of nitrogens with zero attached hydrogens (tertiary/aromatic N) is 1. The van der Waals surface area contributed by atoms with Gasteiger partial charge in [0.2, 0.25) is 10.0 Å². The second kappa shape index (κ2) is 5.80. The second-order valence-electron chi connectivity index (χ2n) is 4.73. The molecule has 0 aromatic heterocycles. The van der Waals surface area contributed by atoms with Gasteiger partial charge in [0.05, 0.1) is 16.4 Å². The average Bonchev–Trinajstić information content (AvgIpc) is 2.39. The van der Waals surface area contributed by atoms with Crippen LogP contribution < -0.4 is 5.32 Å². The SMILES string of the molecule is CNCc1cccc(S(=O)(=O)N2CCS(=O)(=O)CC2)c1. The second-order valence-corrected chi connectivity index (χ2v) is 8.98. The van der Waals surface area contributed by atoms with Crippen molar-refractivity contribution in [2.75, 3.05) is 31.6 Å². The predicted octanol–water partition coefficient (Wildman–Crippen LogP) is -0.175. The molecule has 1 heterocycles. The third-order valence-corrected chi connectivity index (χ3v) is 6.72. The topological polar surface area (TPSA) is 83.6 Å². The van der Waals surface area contributed by atoms with Crippen molar-refractivity contribution in [2.45, 2.75) is 11.4 Å². The van der Waals surface area contributed by atoms with Gasteiger partial charge in [0.1, 0.15) is 0 Å². The van der Waals surface area contributed by atoms with E-state index in [1.165, 1.54) is 10.4 Å². The van der Waals surface area contributed by atoms with E-state index in [1.54, 1.807) is 19.2 Å². The van der Waals surface area contributed by atoms with Gasteiger partial charge in [0.15, 0.2) is 9.84 Å². The summed E-state index contributed by atoms with van der Waals surface area (Å²) in [5.74, 6) is -0.217. The van der Waals surface area contributed by atoms with Gasteiger partial charge in [-0.3, -0.25) is 0 Å². The van der Waals surface area contributed by atoms with Crippen LogP contribution in [-0.4, -0.2) is 52.8 Å². The Labute approximate surface area is 119 Å². The summed E-state index contributed by atoms with van der Waals surface area (Å²) in [6, 6.07) is 6.70. The Balaban J connectivity index is 2.24. The molecule has 0 aliphatic carbocycles. The van der Waals surface area contributed by atoms with E-state index in [1.807, 2.05) is 6.07 Å². The van der Waals surface area contributed by atoms with Crippen LogP contribution in [0.25, 0.3) is 0 Å². The van der Waals surface area contributed by atoms with Crippen molar-refractivity contribution >= 4 is 19.9 Å². The lowest BCUT2D eigenvalue weighted by molar-refractivity contribution is 0.430. The zero-order chi connectivity index (χ0) is 14.8. The quantitative estimate of drug-likeness (QED) is 0.833. The highest BCUT2D eigenvalue weighted by Crippen LogP contribution is 2.19. The minimum absolute atomic E-state index is 0.0287. The third kappa shape index (κ3) is 3.38. The standard InChI is InChI=1S/C12H18N2O4S2/c1-13-10-11-3-2-4-12(9-11)20(17,18)14-5-7-19(15,16)8-6-14/h2-4,9,13H,5-8,10H2,1H3. The summed E-state index contributed by atoms with van der Waals surface area (Å²) in [5, 5.41) is 2.97. The maximum absolute atomic E-state index is 12.5. The maximum Gasteiger partial charge on any atom is 0.243 e. The third-order valence-electron chi connectivity index (χ3n) is 3.22. The van der Waals surface area contributed by atoms with Crippen LogP contribution >= 0.6 is 0 Å². The van der Waals surface area contributed by atoms with E-state index < -0.39 is 19.9 Å². The van der Waals surface area contributed by atoms with Crippen LogP contribution in [0.2, 0.25) is 0 Å². The number of rotatable bonds is 4. The fraction of sp³-hybridized carbons (Fsp3) is 0.500. The number of sulfonamides is 1. The summed E-state index contributed by atoms with van der Waals surface area (Å²) in [6.45, 7) is 0.638. The van der Waals surface area contributed by atoms with Gasteiger partial charge < -0.3 is 5.32 Å². The van der Waals surface area contributed by atoms with E-state index in [-0.39, 0.29) is 29.5 Å². The Morgan fingerprint density at radius 1 is 1.25 bits per heavy atom. The number of nitrogens with one attached hydrogen (secondary N) is 1. The Hall–Kier alpha value is -0.960. The molecule has 0 spiro atoms. The lowest BCUT2D eigenvalue weighted by Gasteiger charge is -2.26. The molecule has 112 valence electrons. The van der Waals surface area contributed by atoms with Crippen LogP contribution in [0.3, 0.4) is 0 Å². The first kappa shape index (κ1) is 15.4. The van der Waals surface area contributed by atoms with Crippen molar-refractivity contribution in [2.24, 2.45) is 0 Å². The summed E-state index contributed by atoms with van der Waals surface area (Å²) >= 11 is 0. The molecule has 2 rings (SSSR count). The highest BCUT2D eigenvalue weighted by molar-refractivity contribution is 7.92. The summed E-state index contributed by atoms with van der Waals surface area (Å²) in [6.07, 6.45) is 0. The number of benzene rings is 1. The molecular formula is C12H18N2O4S2. The highest BCUT2D eigenvalue weighted by Gasteiger charge is 2.31. The number of sulfone groups is 1. The molecule has 20 heavy (non-hydrogen) atoms. The molecule has 1 aromatic carbocycles. The molecule has 1 saturated heterocycles. The summed E-state index contributed by atoms with van der Waals surface area (Å²) in [4.78, 5) is 0.213. The first-order chi connectivity index (χ1) is 9.35. The molecule has 0 amide bonds. The molecule has 6 nitrogen and oxygen atoms in total. The molecular weight excluding hydrogens is 300 g/mol. The zero-order valence-electron chi connectivity index (χ0n) is 11.2. The number of hydrogen-bond donors (Lipinski definition) is 1.